The van der Waals surface area contributed by atoms with E-state index in [0.717, 1.165) is 11.3 Å². The van der Waals surface area contributed by atoms with Gasteiger partial charge in [0.2, 0.25) is 0 Å². The molecule has 150 valence electrons. The van der Waals surface area contributed by atoms with Crippen molar-refractivity contribution >= 4 is 23.5 Å². The van der Waals surface area contributed by atoms with Crippen molar-refractivity contribution in [1.82, 2.24) is 15.1 Å². The van der Waals surface area contributed by atoms with Gasteiger partial charge >= 0.3 is 5.97 Å². The van der Waals surface area contributed by atoms with Crippen LogP contribution >= 0.6 is 11.6 Å². The van der Waals surface area contributed by atoms with Gasteiger partial charge in [0.15, 0.2) is 6.61 Å². The molecule has 1 aromatic heterocycles. The summed E-state index contributed by atoms with van der Waals surface area (Å²) < 4.78 is 6.92. The number of para-hydroxylation sites is 1. The molecule has 0 saturated carbocycles. The van der Waals surface area contributed by atoms with Crippen molar-refractivity contribution in [3.63, 3.8) is 0 Å². The number of halogens is 1. The third-order valence-electron chi connectivity index (χ3n) is 4.58. The van der Waals surface area contributed by atoms with E-state index in [9.17, 15) is 9.59 Å². The highest BCUT2D eigenvalue weighted by Gasteiger charge is 2.22. The van der Waals surface area contributed by atoms with Crippen LogP contribution in [-0.2, 0) is 9.53 Å². The second kappa shape index (κ2) is 8.92. The van der Waals surface area contributed by atoms with Gasteiger partial charge in [0.1, 0.15) is 5.56 Å². The first-order valence-corrected chi connectivity index (χ1v) is 9.58. The van der Waals surface area contributed by atoms with E-state index in [2.05, 4.69) is 10.4 Å². The van der Waals surface area contributed by atoms with Crippen LogP contribution in [0.4, 0.5) is 0 Å². The molecule has 6 nitrogen and oxygen atoms in total. The number of aryl methyl sites for hydroxylation is 1. The second-order valence-electron chi connectivity index (χ2n) is 6.71. The number of esters is 1. The summed E-state index contributed by atoms with van der Waals surface area (Å²) in [4.78, 5) is 24.7. The van der Waals surface area contributed by atoms with Crippen molar-refractivity contribution in [3.05, 3.63) is 82.1 Å². The molecular formula is C22H22ClN3O3. The van der Waals surface area contributed by atoms with Crippen LogP contribution < -0.4 is 5.32 Å². The molecule has 0 bridgehead atoms. The van der Waals surface area contributed by atoms with Gasteiger partial charge in [-0.3, -0.25) is 4.79 Å². The zero-order valence-corrected chi connectivity index (χ0v) is 17.2. The summed E-state index contributed by atoms with van der Waals surface area (Å²) in [5.41, 5.74) is 3.33. The number of hydrogen-bond donors (Lipinski definition) is 1. The van der Waals surface area contributed by atoms with Crippen LogP contribution in [0, 0.1) is 13.8 Å². The van der Waals surface area contributed by atoms with Crippen molar-refractivity contribution in [3.8, 4) is 5.69 Å². The summed E-state index contributed by atoms with van der Waals surface area (Å²) in [6.07, 6.45) is 0. The molecule has 0 aliphatic heterocycles. The molecule has 29 heavy (non-hydrogen) atoms. The molecule has 0 unspecified atom stereocenters. The van der Waals surface area contributed by atoms with Gasteiger partial charge in [-0.2, -0.15) is 5.10 Å². The van der Waals surface area contributed by atoms with Crippen LogP contribution in [0.5, 0.6) is 0 Å². The predicted octanol–water partition coefficient (Wildman–Crippen LogP) is 4.18. The van der Waals surface area contributed by atoms with E-state index in [0.29, 0.717) is 22.0 Å². The fraction of sp³-hybridized carbons (Fsp3) is 0.227. The molecule has 7 heteroatoms. The van der Waals surface area contributed by atoms with Crippen molar-refractivity contribution in [2.45, 2.75) is 26.8 Å². The third-order valence-corrected chi connectivity index (χ3v) is 4.83. The highest BCUT2D eigenvalue weighted by atomic mass is 35.5. The molecule has 0 radical (unpaired) electrons. The number of carbonyl (C=O) groups excluding carboxylic acids is 2. The quantitative estimate of drug-likeness (QED) is 0.617. The molecule has 0 aliphatic rings. The number of rotatable bonds is 6. The molecule has 1 heterocycles. The lowest BCUT2D eigenvalue weighted by molar-refractivity contribution is -0.124. The lowest BCUT2D eigenvalue weighted by atomic mass is 10.1. The average molecular weight is 412 g/mol. The van der Waals surface area contributed by atoms with E-state index >= 15 is 0 Å². The van der Waals surface area contributed by atoms with Gasteiger partial charge in [-0.1, -0.05) is 41.9 Å². The smallest absolute Gasteiger partial charge is 0.342 e. The van der Waals surface area contributed by atoms with Crippen LogP contribution in [0.1, 0.15) is 40.3 Å². The van der Waals surface area contributed by atoms with Crippen LogP contribution in [-0.4, -0.2) is 28.3 Å². The first kappa shape index (κ1) is 20.6. The van der Waals surface area contributed by atoms with Gasteiger partial charge in [0, 0.05) is 5.02 Å². The minimum absolute atomic E-state index is 0.234. The zero-order valence-electron chi connectivity index (χ0n) is 16.5. The molecule has 3 rings (SSSR count). The highest BCUT2D eigenvalue weighted by molar-refractivity contribution is 6.30. The normalized spacial score (nSPS) is 11.7. The first-order valence-electron chi connectivity index (χ1n) is 9.20. The Morgan fingerprint density at radius 2 is 1.76 bits per heavy atom. The number of amides is 1. The Hall–Kier alpha value is -3.12. The minimum atomic E-state index is -0.573. The molecule has 1 N–H and O–H groups in total. The Morgan fingerprint density at radius 1 is 1.10 bits per heavy atom. The van der Waals surface area contributed by atoms with Crippen LogP contribution in [0.25, 0.3) is 5.69 Å². The van der Waals surface area contributed by atoms with E-state index < -0.39 is 5.97 Å². The van der Waals surface area contributed by atoms with Gasteiger partial charge in [-0.15, -0.1) is 0 Å². The van der Waals surface area contributed by atoms with Crippen molar-refractivity contribution < 1.29 is 14.3 Å². The number of hydrogen-bond acceptors (Lipinski definition) is 4. The van der Waals surface area contributed by atoms with Crippen molar-refractivity contribution in [2.24, 2.45) is 0 Å². The molecule has 1 amide bonds. The first-order chi connectivity index (χ1) is 13.9. The van der Waals surface area contributed by atoms with Gasteiger partial charge in [-0.25, -0.2) is 9.48 Å². The predicted molar refractivity (Wildman–Crippen MR) is 111 cm³/mol. The summed E-state index contributed by atoms with van der Waals surface area (Å²) in [5, 5.41) is 7.86. The molecule has 1 atom stereocenters. The van der Waals surface area contributed by atoms with Crippen molar-refractivity contribution in [2.75, 3.05) is 6.61 Å². The summed E-state index contributed by atoms with van der Waals surface area (Å²) >= 11 is 5.88. The highest BCUT2D eigenvalue weighted by Crippen LogP contribution is 2.19. The van der Waals surface area contributed by atoms with E-state index in [1.165, 1.54) is 0 Å². The molecule has 0 aliphatic carbocycles. The molecular weight excluding hydrogens is 390 g/mol. The fourth-order valence-corrected chi connectivity index (χ4v) is 3.21. The molecule has 3 aromatic rings. The Kier molecular flexibility index (Phi) is 6.34. The molecule has 0 fully saturated rings. The zero-order chi connectivity index (χ0) is 21.0. The lowest BCUT2D eigenvalue weighted by Gasteiger charge is -2.14. The summed E-state index contributed by atoms with van der Waals surface area (Å²) in [5.74, 6) is -0.956. The SMILES string of the molecule is Cc1nn(-c2ccccc2)c(C)c1C(=O)OCC(=O)N[C@@H](C)c1ccc(Cl)cc1. The maximum absolute atomic E-state index is 12.6. The van der Waals surface area contributed by atoms with E-state index in [-0.39, 0.29) is 18.6 Å². The van der Waals surface area contributed by atoms with Gasteiger partial charge < -0.3 is 10.1 Å². The summed E-state index contributed by atoms with van der Waals surface area (Å²) in [6.45, 7) is 5.02. The van der Waals surface area contributed by atoms with Crippen LogP contribution in [0.15, 0.2) is 54.6 Å². The van der Waals surface area contributed by atoms with Gasteiger partial charge in [-0.05, 0) is 50.6 Å². The van der Waals surface area contributed by atoms with Crippen LogP contribution in [0.3, 0.4) is 0 Å². The number of ether oxygens (including phenoxy) is 1. The van der Waals surface area contributed by atoms with E-state index in [1.54, 1.807) is 30.7 Å². The molecule has 2 aromatic carbocycles. The maximum atomic E-state index is 12.6. The number of nitrogens with one attached hydrogen (secondary N) is 1. The number of carbonyl (C=O) groups is 2. The van der Waals surface area contributed by atoms with Crippen LogP contribution in [0.2, 0.25) is 5.02 Å². The van der Waals surface area contributed by atoms with Gasteiger partial charge in [0.05, 0.1) is 23.1 Å². The minimum Gasteiger partial charge on any atom is -0.452 e. The largest absolute Gasteiger partial charge is 0.452 e. The summed E-state index contributed by atoms with van der Waals surface area (Å²) in [7, 11) is 0. The van der Waals surface area contributed by atoms with E-state index in [4.69, 9.17) is 16.3 Å². The Morgan fingerprint density at radius 3 is 2.41 bits per heavy atom. The second-order valence-corrected chi connectivity index (χ2v) is 7.15. The summed E-state index contributed by atoms with van der Waals surface area (Å²) in [6, 6.07) is 16.5. The van der Waals surface area contributed by atoms with Gasteiger partial charge in [0.25, 0.3) is 5.91 Å². The topological polar surface area (TPSA) is 73.2 Å². The molecule has 0 spiro atoms. The number of benzene rings is 2. The average Bonchev–Trinajstić information content (AvgIpc) is 3.01. The lowest BCUT2D eigenvalue weighted by Crippen LogP contribution is -2.31. The fourth-order valence-electron chi connectivity index (χ4n) is 3.08. The van der Waals surface area contributed by atoms with E-state index in [1.807, 2.05) is 49.4 Å². The standard InChI is InChI=1S/C22H22ClN3O3/c1-14(17-9-11-18(23)12-10-17)24-20(27)13-29-22(28)21-15(2)25-26(16(21)3)19-7-5-4-6-8-19/h4-12,14H,13H2,1-3H3,(H,24,27)/t14-/m0/s1. The Labute approximate surface area is 174 Å². The van der Waals surface area contributed by atoms with Crippen molar-refractivity contribution in [1.29, 1.82) is 0 Å². The monoisotopic (exact) mass is 411 g/mol. The number of aromatic nitrogens is 2. The number of nitrogens with zero attached hydrogens (tertiary/aromatic N) is 2. The Balaban J connectivity index is 1.63. The maximum Gasteiger partial charge on any atom is 0.342 e. The third kappa shape index (κ3) is 4.84. The Bertz CT molecular complexity index is 1010. The molecule has 0 saturated heterocycles.